The Morgan fingerprint density at radius 1 is 1.09 bits per heavy atom. The van der Waals surface area contributed by atoms with E-state index >= 15 is 0 Å². The average molecular weight is 319 g/mol. The zero-order valence-electron chi connectivity index (χ0n) is 14.9. The lowest BCUT2D eigenvalue weighted by atomic mass is 10.1. The van der Waals surface area contributed by atoms with E-state index in [2.05, 4.69) is 34.6 Å². The van der Waals surface area contributed by atoms with Gasteiger partial charge in [0.15, 0.2) is 5.96 Å². The quantitative estimate of drug-likeness (QED) is 0.447. The number of nitrogens with one attached hydrogen (secondary N) is 2. The molecule has 1 aromatic rings. The molecule has 6 nitrogen and oxygen atoms in total. The molecule has 0 saturated carbocycles. The Balaban J connectivity index is 2.42. The Labute approximate surface area is 139 Å². The lowest BCUT2D eigenvalue weighted by Crippen LogP contribution is -2.38. The molecule has 0 aliphatic carbocycles. The minimum absolute atomic E-state index is 0.0166. The molecule has 0 bridgehead atoms. The molecule has 0 aliphatic heterocycles. The average Bonchev–Trinajstić information content (AvgIpc) is 2.53. The van der Waals surface area contributed by atoms with Crippen LogP contribution in [0.3, 0.4) is 0 Å². The van der Waals surface area contributed by atoms with E-state index in [0.717, 1.165) is 31.0 Å². The molecule has 0 saturated heterocycles. The summed E-state index contributed by atoms with van der Waals surface area (Å²) in [5, 5.41) is 6.57. The summed E-state index contributed by atoms with van der Waals surface area (Å²) in [7, 11) is 9.41. The van der Waals surface area contributed by atoms with Gasteiger partial charge in [0.25, 0.3) is 5.91 Å². The number of hydrogen-bond donors (Lipinski definition) is 2. The molecule has 128 valence electrons. The molecule has 0 atom stereocenters. The van der Waals surface area contributed by atoms with E-state index in [1.807, 2.05) is 24.3 Å². The summed E-state index contributed by atoms with van der Waals surface area (Å²) in [6.07, 6.45) is 1.06. The summed E-state index contributed by atoms with van der Waals surface area (Å²) >= 11 is 0. The SMILES string of the molecule is CN=C(NCCCN(C)C)NCc1ccc(C(=O)N(C)C)cc1. The number of carbonyl (C=O) groups excluding carboxylic acids is 1. The third kappa shape index (κ3) is 7.15. The van der Waals surface area contributed by atoms with Crippen LogP contribution in [0.4, 0.5) is 0 Å². The second-order valence-corrected chi connectivity index (χ2v) is 5.91. The summed E-state index contributed by atoms with van der Waals surface area (Å²) in [5.41, 5.74) is 1.81. The lowest BCUT2D eigenvalue weighted by Gasteiger charge is -2.14. The van der Waals surface area contributed by atoms with Gasteiger partial charge in [-0.2, -0.15) is 0 Å². The van der Waals surface area contributed by atoms with Crippen LogP contribution in [0, 0.1) is 0 Å². The van der Waals surface area contributed by atoms with E-state index in [1.165, 1.54) is 0 Å². The predicted molar refractivity (Wildman–Crippen MR) is 95.8 cm³/mol. The largest absolute Gasteiger partial charge is 0.356 e. The number of aliphatic imine (C=N–C) groups is 1. The highest BCUT2D eigenvalue weighted by Crippen LogP contribution is 2.06. The first-order valence-corrected chi connectivity index (χ1v) is 7.84. The monoisotopic (exact) mass is 319 g/mol. The molecule has 2 N–H and O–H groups in total. The van der Waals surface area contributed by atoms with Crippen molar-refractivity contribution in [3.8, 4) is 0 Å². The fourth-order valence-electron chi connectivity index (χ4n) is 2.03. The van der Waals surface area contributed by atoms with E-state index in [1.54, 1.807) is 26.0 Å². The number of hydrogen-bond acceptors (Lipinski definition) is 3. The van der Waals surface area contributed by atoms with Crippen molar-refractivity contribution in [3.05, 3.63) is 35.4 Å². The van der Waals surface area contributed by atoms with Crippen molar-refractivity contribution in [1.29, 1.82) is 0 Å². The van der Waals surface area contributed by atoms with Gasteiger partial charge in [-0.25, -0.2) is 0 Å². The normalized spacial score (nSPS) is 11.5. The van der Waals surface area contributed by atoms with E-state index in [4.69, 9.17) is 0 Å². The Bertz CT molecular complexity index is 508. The summed E-state index contributed by atoms with van der Waals surface area (Å²) in [5.74, 6) is 0.806. The predicted octanol–water partition coefficient (Wildman–Crippen LogP) is 1.01. The summed E-state index contributed by atoms with van der Waals surface area (Å²) in [6.45, 7) is 2.60. The van der Waals surface area contributed by atoms with Crippen LogP contribution in [0.1, 0.15) is 22.3 Å². The summed E-state index contributed by atoms with van der Waals surface area (Å²) < 4.78 is 0. The van der Waals surface area contributed by atoms with Crippen molar-refractivity contribution in [3.63, 3.8) is 0 Å². The third-order valence-corrected chi connectivity index (χ3v) is 3.37. The van der Waals surface area contributed by atoms with E-state index in [-0.39, 0.29) is 5.91 Å². The molecule has 23 heavy (non-hydrogen) atoms. The first-order valence-electron chi connectivity index (χ1n) is 7.84. The van der Waals surface area contributed by atoms with Gasteiger partial charge in [0.05, 0.1) is 0 Å². The zero-order valence-corrected chi connectivity index (χ0v) is 14.9. The van der Waals surface area contributed by atoms with Crippen LogP contribution >= 0.6 is 0 Å². The standard InChI is InChI=1S/C17H29N5O/c1-18-17(19-11-6-12-21(2)3)20-13-14-7-9-15(10-8-14)16(23)22(4)5/h7-10H,6,11-13H2,1-5H3,(H2,18,19,20). The molecule has 0 unspecified atom stereocenters. The minimum Gasteiger partial charge on any atom is -0.356 e. The summed E-state index contributed by atoms with van der Waals surface area (Å²) in [4.78, 5) is 19.8. The van der Waals surface area contributed by atoms with Crippen molar-refractivity contribution >= 4 is 11.9 Å². The van der Waals surface area contributed by atoms with Crippen LogP contribution in [0.25, 0.3) is 0 Å². The van der Waals surface area contributed by atoms with Gasteiger partial charge in [0, 0.05) is 39.8 Å². The second kappa shape index (κ2) is 9.84. The van der Waals surface area contributed by atoms with Gasteiger partial charge in [-0.3, -0.25) is 9.79 Å². The van der Waals surface area contributed by atoms with Gasteiger partial charge in [-0.05, 0) is 44.8 Å². The highest BCUT2D eigenvalue weighted by Gasteiger charge is 2.07. The zero-order chi connectivity index (χ0) is 17.2. The molecule has 6 heteroatoms. The fourth-order valence-corrected chi connectivity index (χ4v) is 2.03. The molecular weight excluding hydrogens is 290 g/mol. The molecule has 0 heterocycles. The number of rotatable bonds is 7. The smallest absolute Gasteiger partial charge is 0.253 e. The maximum Gasteiger partial charge on any atom is 0.253 e. The van der Waals surface area contributed by atoms with Crippen molar-refractivity contribution in [2.75, 3.05) is 48.3 Å². The second-order valence-electron chi connectivity index (χ2n) is 5.91. The Hall–Kier alpha value is -2.08. The van der Waals surface area contributed by atoms with Crippen molar-refractivity contribution in [2.24, 2.45) is 4.99 Å². The number of benzene rings is 1. The molecule has 0 spiro atoms. The van der Waals surface area contributed by atoms with Crippen LogP contribution in [-0.4, -0.2) is 70.0 Å². The van der Waals surface area contributed by atoms with Crippen LogP contribution in [0.15, 0.2) is 29.3 Å². The number of amides is 1. The molecule has 1 amide bonds. The van der Waals surface area contributed by atoms with Gasteiger partial charge >= 0.3 is 0 Å². The van der Waals surface area contributed by atoms with Crippen LogP contribution in [0.2, 0.25) is 0 Å². The van der Waals surface area contributed by atoms with Crippen LogP contribution < -0.4 is 10.6 Å². The number of guanidine groups is 1. The fraction of sp³-hybridized carbons (Fsp3) is 0.529. The lowest BCUT2D eigenvalue weighted by molar-refractivity contribution is 0.0827. The van der Waals surface area contributed by atoms with Crippen molar-refractivity contribution < 1.29 is 4.79 Å². The molecule has 0 radical (unpaired) electrons. The molecule has 0 aromatic heterocycles. The van der Waals surface area contributed by atoms with Gasteiger partial charge < -0.3 is 20.4 Å². The van der Waals surface area contributed by atoms with Gasteiger partial charge in [0.1, 0.15) is 0 Å². The topological polar surface area (TPSA) is 60.0 Å². The van der Waals surface area contributed by atoms with Gasteiger partial charge in [-0.1, -0.05) is 12.1 Å². The molecular formula is C17H29N5O. The third-order valence-electron chi connectivity index (χ3n) is 3.37. The first kappa shape index (κ1) is 19.0. The summed E-state index contributed by atoms with van der Waals surface area (Å²) in [6, 6.07) is 7.63. The Morgan fingerprint density at radius 2 is 1.74 bits per heavy atom. The number of carbonyl (C=O) groups is 1. The minimum atomic E-state index is 0.0166. The number of nitrogens with zero attached hydrogens (tertiary/aromatic N) is 3. The maximum absolute atomic E-state index is 11.8. The van der Waals surface area contributed by atoms with Gasteiger partial charge in [0.2, 0.25) is 0 Å². The molecule has 0 aliphatic rings. The van der Waals surface area contributed by atoms with E-state index in [9.17, 15) is 4.79 Å². The van der Waals surface area contributed by atoms with E-state index < -0.39 is 0 Å². The first-order chi connectivity index (χ1) is 10.9. The van der Waals surface area contributed by atoms with Gasteiger partial charge in [-0.15, -0.1) is 0 Å². The molecule has 0 fully saturated rings. The van der Waals surface area contributed by atoms with E-state index in [0.29, 0.717) is 12.1 Å². The highest BCUT2D eigenvalue weighted by atomic mass is 16.2. The molecule has 1 aromatic carbocycles. The maximum atomic E-state index is 11.8. The Kier molecular flexibility index (Phi) is 8.11. The van der Waals surface area contributed by atoms with Crippen molar-refractivity contribution in [1.82, 2.24) is 20.4 Å². The highest BCUT2D eigenvalue weighted by molar-refractivity contribution is 5.93. The Morgan fingerprint density at radius 3 is 2.26 bits per heavy atom. The van der Waals surface area contributed by atoms with Crippen LogP contribution in [-0.2, 0) is 6.54 Å². The molecule has 1 rings (SSSR count). The van der Waals surface area contributed by atoms with Crippen molar-refractivity contribution in [2.45, 2.75) is 13.0 Å². The van der Waals surface area contributed by atoms with Crippen LogP contribution in [0.5, 0.6) is 0 Å².